The molecule has 5 rings (SSSR count). The van der Waals surface area contributed by atoms with Gasteiger partial charge in [0.2, 0.25) is 0 Å². The first-order chi connectivity index (χ1) is 20.0. The van der Waals surface area contributed by atoms with Gasteiger partial charge in [0.05, 0.1) is 25.4 Å². The van der Waals surface area contributed by atoms with E-state index in [4.69, 9.17) is 14.2 Å². The van der Waals surface area contributed by atoms with Crippen molar-refractivity contribution in [1.29, 1.82) is 0 Å². The lowest BCUT2D eigenvalue weighted by Crippen LogP contribution is -2.42. The van der Waals surface area contributed by atoms with Crippen molar-refractivity contribution < 1.29 is 14.2 Å². The number of ether oxygens (including phenoxy) is 3. The first kappa shape index (κ1) is 33.6. The van der Waals surface area contributed by atoms with Crippen molar-refractivity contribution in [2.45, 2.75) is 116 Å². The minimum Gasteiger partial charge on any atom is -0.493 e. The first-order valence-electron chi connectivity index (χ1n) is 17.3. The van der Waals surface area contributed by atoms with Gasteiger partial charge < -0.3 is 14.2 Å². The van der Waals surface area contributed by atoms with Crippen LogP contribution in [0.3, 0.4) is 0 Å². The van der Waals surface area contributed by atoms with Gasteiger partial charge in [-0.1, -0.05) is 51.9 Å². The Balaban J connectivity index is 0.00000405. The molecule has 0 spiro atoms. The summed E-state index contributed by atoms with van der Waals surface area (Å²) in [5, 5.41) is 0. The Morgan fingerprint density at radius 2 is 1.71 bits per heavy atom. The summed E-state index contributed by atoms with van der Waals surface area (Å²) < 4.78 is 19.0. The molecule has 0 aromatic heterocycles. The quantitative estimate of drug-likeness (QED) is 0.200. The molecular formula is C36H59ClN2O3. The van der Waals surface area contributed by atoms with Gasteiger partial charge in [0.15, 0.2) is 0 Å². The SMILES string of the molecule is CCCCCc1cc(OCCCCCN2CCOCC2)c2c(c1)OC(C)(C)C1=C2CN(CCC2CCCCC2)CC1.Cl. The molecule has 3 heterocycles. The van der Waals surface area contributed by atoms with Crippen molar-refractivity contribution in [3.05, 3.63) is 28.8 Å². The van der Waals surface area contributed by atoms with E-state index < -0.39 is 0 Å². The Morgan fingerprint density at radius 3 is 2.50 bits per heavy atom. The third-order valence-corrected chi connectivity index (χ3v) is 10.1. The summed E-state index contributed by atoms with van der Waals surface area (Å²) in [5.74, 6) is 3.06. The van der Waals surface area contributed by atoms with Crippen LogP contribution in [0, 0.1) is 5.92 Å². The van der Waals surface area contributed by atoms with Crippen LogP contribution in [-0.2, 0) is 11.2 Å². The van der Waals surface area contributed by atoms with Gasteiger partial charge in [-0.15, -0.1) is 12.4 Å². The van der Waals surface area contributed by atoms with Crippen LogP contribution in [0.5, 0.6) is 11.5 Å². The lowest BCUT2D eigenvalue weighted by molar-refractivity contribution is 0.0370. The highest BCUT2D eigenvalue weighted by atomic mass is 35.5. The molecule has 2 fully saturated rings. The number of morpholine rings is 1. The first-order valence-corrected chi connectivity index (χ1v) is 17.3. The molecule has 1 saturated heterocycles. The highest BCUT2D eigenvalue weighted by Crippen LogP contribution is 2.49. The highest BCUT2D eigenvalue weighted by Gasteiger charge is 2.39. The van der Waals surface area contributed by atoms with Crippen LogP contribution in [0.1, 0.15) is 115 Å². The van der Waals surface area contributed by atoms with E-state index in [1.54, 1.807) is 0 Å². The average molecular weight is 603 g/mol. The summed E-state index contributed by atoms with van der Waals surface area (Å²) in [4.78, 5) is 5.26. The molecule has 0 atom stereocenters. The summed E-state index contributed by atoms with van der Waals surface area (Å²) in [6.07, 6.45) is 18.1. The van der Waals surface area contributed by atoms with E-state index in [1.165, 1.54) is 106 Å². The van der Waals surface area contributed by atoms with Crippen LogP contribution in [-0.4, -0.2) is 74.5 Å². The lowest BCUT2D eigenvalue weighted by Gasteiger charge is -2.43. The summed E-state index contributed by atoms with van der Waals surface area (Å²) in [7, 11) is 0. The van der Waals surface area contributed by atoms with Crippen LogP contribution in [0.25, 0.3) is 5.57 Å². The largest absolute Gasteiger partial charge is 0.493 e. The Kier molecular flexibility index (Phi) is 13.4. The van der Waals surface area contributed by atoms with Gasteiger partial charge in [0, 0.05) is 26.2 Å². The molecule has 42 heavy (non-hydrogen) atoms. The molecular weight excluding hydrogens is 544 g/mol. The average Bonchev–Trinajstić information content (AvgIpc) is 2.98. The smallest absolute Gasteiger partial charge is 0.132 e. The monoisotopic (exact) mass is 602 g/mol. The molecule has 1 aromatic carbocycles. The molecule has 0 bridgehead atoms. The zero-order valence-corrected chi connectivity index (χ0v) is 27.8. The van der Waals surface area contributed by atoms with Gasteiger partial charge in [-0.25, -0.2) is 0 Å². The molecule has 4 aliphatic rings. The number of unbranched alkanes of at least 4 members (excludes halogenated alkanes) is 4. The zero-order chi connectivity index (χ0) is 28.5. The number of hydrogen-bond acceptors (Lipinski definition) is 5. The van der Waals surface area contributed by atoms with Crippen molar-refractivity contribution in [2.24, 2.45) is 5.92 Å². The molecule has 3 aliphatic heterocycles. The Bertz CT molecular complexity index is 998. The third kappa shape index (κ3) is 9.13. The van der Waals surface area contributed by atoms with Crippen molar-refractivity contribution in [3.8, 4) is 11.5 Å². The Morgan fingerprint density at radius 1 is 0.905 bits per heavy atom. The number of hydrogen-bond donors (Lipinski definition) is 0. The van der Waals surface area contributed by atoms with Gasteiger partial charge in [-0.2, -0.15) is 0 Å². The predicted octanol–water partition coefficient (Wildman–Crippen LogP) is 8.32. The van der Waals surface area contributed by atoms with Crippen molar-refractivity contribution in [2.75, 3.05) is 59.1 Å². The maximum atomic E-state index is 6.81. The van der Waals surface area contributed by atoms with Crippen molar-refractivity contribution in [1.82, 2.24) is 9.80 Å². The molecule has 1 aliphatic carbocycles. The van der Waals surface area contributed by atoms with Gasteiger partial charge in [0.25, 0.3) is 0 Å². The molecule has 0 amide bonds. The van der Waals surface area contributed by atoms with Crippen LogP contribution in [0.4, 0.5) is 0 Å². The second-order valence-electron chi connectivity index (χ2n) is 13.7. The second kappa shape index (κ2) is 16.7. The number of fused-ring (bicyclic) bond motifs is 2. The zero-order valence-electron chi connectivity index (χ0n) is 27.0. The Hall–Kier alpha value is -1.27. The van der Waals surface area contributed by atoms with Crippen molar-refractivity contribution in [3.63, 3.8) is 0 Å². The molecule has 5 nitrogen and oxygen atoms in total. The molecule has 238 valence electrons. The van der Waals surface area contributed by atoms with E-state index in [-0.39, 0.29) is 18.0 Å². The number of halogens is 1. The lowest BCUT2D eigenvalue weighted by atomic mass is 9.80. The molecule has 1 aromatic rings. The maximum Gasteiger partial charge on any atom is 0.132 e. The fraction of sp³-hybridized carbons (Fsp3) is 0.778. The van der Waals surface area contributed by atoms with E-state index in [2.05, 4.69) is 42.7 Å². The fourth-order valence-electron chi connectivity index (χ4n) is 7.56. The topological polar surface area (TPSA) is 34.2 Å². The minimum absolute atomic E-state index is 0. The number of aryl methyl sites for hydroxylation is 1. The number of nitrogens with zero attached hydrogens (tertiary/aromatic N) is 2. The normalized spacial score (nSPS) is 21.3. The van der Waals surface area contributed by atoms with Gasteiger partial charge in [-0.3, -0.25) is 9.80 Å². The summed E-state index contributed by atoms with van der Waals surface area (Å²) >= 11 is 0. The van der Waals surface area contributed by atoms with Crippen LogP contribution < -0.4 is 9.47 Å². The van der Waals surface area contributed by atoms with E-state index in [9.17, 15) is 0 Å². The van der Waals surface area contributed by atoms with Crippen molar-refractivity contribution >= 4 is 18.0 Å². The number of benzene rings is 1. The standard InChI is InChI=1S/C36H58N2O3.ClH/c1-4-5-8-15-30-26-33(40-23-12-7-11-18-37-21-24-39-25-22-37)35-31-28-38(19-16-29-13-9-6-10-14-29)20-17-32(31)36(2,3)41-34(35)27-30;/h26-27,29H,4-25,28H2,1-3H3;1H. The second-order valence-corrected chi connectivity index (χ2v) is 13.7. The minimum atomic E-state index is -0.253. The molecule has 6 heteroatoms. The summed E-state index contributed by atoms with van der Waals surface area (Å²) in [5.41, 5.74) is 5.36. The van der Waals surface area contributed by atoms with E-state index in [1.807, 2.05) is 0 Å². The molecule has 1 saturated carbocycles. The van der Waals surface area contributed by atoms with Gasteiger partial charge in [0.1, 0.15) is 17.1 Å². The summed E-state index contributed by atoms with van der Waals surface area (Å²) in [6, 6.07) is 4.70. The molecule has 0 radical (unpaired) electrons. The van der Waals surface area contributed by atoms with Crippen LogP contribution in [0.2, 0.25) is 0 Å². The molecule has 0 N–H and O–H groups in total. The Labute approximate surface area is 263 Å². The molecule has 0 unspecified atom stereocenters. The summed E-state index contributed by atoms with van der Waals surface area (Å²) in [6.45, 7) is 16.2. The van der Waals surface area contributed by atoms with Gasteiger partial charge >= 0.3 is 0 Å². The highest BCUT2D eigenvalue weighted by molar-refractivity contribution is 5.85. The van der Waals surface area contributed by atoms with Gasteiger partial charge in [-0.05, 0) is 107 Å². The maximum absolute atomic E-state index is 6.81. The third-order valence-electron chi connectivity index (χ3n) is 10.1. The fourth-order valence-corrected chi connectivity index (χ4v) is 7.56. The number of rotatable bonds is 14. The van der Waals surface area contributed by atoms with E-state index in [0.29, 0.717) is 0 Å². The predicted molar refractivity (Wildman–Crippen MR) is 177 cm³/mol. The van der Waals surface area contributed by atoms with E-state index in [0.717, 1.165) is 82.7 Å². The van der Waals surface area contributed by atoms with Crippen LogP contribution in [0.15, 0.2) is 17.7 Å². The van der Waals surface area contributed by atoms with E-state index >= 15 is 0 Å². The van der Waals surface area contributed by atoms with Crippen LogP contribution >= 0.6 is 12.4 Å².